The number of fused-ring (bicyclic) bond motifs is 4. The standard InChI is InChI=1S/C44H32O4/c45-41(35-25-23-29-11-1-3-15-33(29)27-35)42(46,36-26-24-30-12-2-4-16-34(30)28-36)44(48,40-22-10-18-32-14-6-8-20-38(32)40)43(41,47)39-21-9-17-31-13-5-7-19-37(31)39/h1-28,45-48H/t41-,42+,43-,44+. The summed E-state index contributed by atoms with van der Waals surface area (Å²) in [6, 6.07) is 52.5. The molecule has 1 saturated carbocycles. The summed E-state index contributed by atoms with van der Waals surface area (Å²) in [4.78, 5) is 0. The van der Waals surface area contributed by atoms with Gasteiger partial charge in [-0.3, -0.25) is 0 Å². The Balaban J connectivity index is 1.46. The molecule has 0 amide bonds. The van der Waals surface area contributed by atoms with Crippen molar-refractivity contribution in [2.24, 2.45) is 0 Å². The van der Waals surface area contributed by atoms with Crippen LogP contribution in [0.5, 0.6) is 0 Å². The SMILES string of the molecule is O[C@]1(c2ccc3ccccc3c2)[C@@](O)(c2ccc3ccccc3c2)[C@@](O)(c2cccc3ccccc23)[C@@]1(O)c1cccc2ccccc12. The van der Waals surface area contributed by atoms with E-state index in [0.717, 1.165) is 32.3 Å². The Bertz CT molecular complexity index is 2370. The third kappa shape index (κ3) is 3.42. The maximum absolute atomic E-state index is 13.7. The molecule has 4 heteroatoms. The van der Waals surface area contributed by atoms with Gasteiger partial charge in [-0.2, -0.15) is 0 Å². The Kier molecular flexibility index (Phi) is 6.05. The predicted octanol–water partition coefficient (Wildman–Crippen LogP) is 8.16. The second kappa shape index (κ2) is 10.1. The van der Waals surface area contributed by atoms with Crippen molar-refractivity contribution >= 4 is 43.1 Å². The van der Waals surface area contributed by atoms with E-state index in [1.165, 1.54) is 0 Å². The summed E-state index contributed by atoms with van der Waals surface area (Å²) < 4.78 is 0. The molecule has 1 aliphatic carbocycles. The minimum atomic E-state index is -2.46. The minimum Gasteiger partial charge on any atom is -0.378 e. The normalized spacial score (nSPS) is 25.4. The van der Waals surface area contributed by atoms with Gasteiger partial charge < -0.3 is 20.4 Å². The lowest BCUT2D eigenvalue weighted by atomic mass is 9.37. The smallest absolute Gasteiger partial charge is 0.162 e. The largest absolute Gasteiger partial charge is 0.378 e. The summed E-state index contributed by atoms with van der Waals surface area (Å²) in [7, 11) is 0. The quantitative estimate of drug-likeness (QED) is 0.159. The van der Waals surface area contributed by atoms with Crippen LogP contribution in [0.2, 0.25) is 0 Å². The zero-order valence-corrected chi connectivity index (χ0v) is 26.0. The van der Waals surface area contributed by atoms with Crippen molar-refractivity contribution in [1.82, 2.24) is 0 Å². The first-order chi connectivity index (χ1) is 23.3. The van der Waals surface area contributed by atoms with Crippen LogP contribution < -0.4 is 0 Å². The molecule has 0 aromatic heterocycles. The van der Waals surface area contributed by atoms with Gasteiger partial charge in [0.2, 0.25) is 0 Å². The molecule has 0 unspecified atom stereocenters. The highest BCUT2D eigenvalue weighted by Gasteiger charge is 2.90. The van der Waals surface area contributed by atoms with Gasteiger partial charge >= 0.3 is 0 Å². The number of hydrogen-bond donors (Lipinski definition) is 4. The van der Waals surface area contributed by atoms with Gasteiger partial charge in [-0.05, 0) is 77.5 Å². The lowest BCUT2D eigenvalue weighted by Crippen LogP contribution is -2.88. The Labute approximate surface area is 277 Å². The average molecular weight is 625 g/mol. The van der Waals surface area contributed by atoms with Gasteiger partial charge in [-0.15, -0.1) is 0 Å². The van der Waals surface area contributed by atoms with Crippen molar-refractivity contribution in [3.63, 3.8) is 0 Å². The van der Waals surface area contributed by atoms with Crippen molar-refractivity contribution in [3.05, 3.63) is 192 Å². The van der Waals surface area contributed by atoms with Crippen molar-refractivity contribution in [2.45, 2.75) is 22.4 Å². The summed E-state index contributed by atoms with van der Waals surface area (Å²) in [5.74, 6) is 0. The first kappa shape index (κ1) is 28.8. The lowest BCUT2D eigenvalue weighted by Gasteiger charge is -2.73. The van der Waals surface area contributed by atoms with Crippen LogP contribution in [0.15, 0.2) is 170 Å². The molecular formula is C44H32O4. The zero-order chi connectivity index (χ0) is 32.7. The molecule has 0 saturated heterocycles. The number of hydrogen-bond acceptors (Lipinski definition) is 4. The van der Waals surface area contributed by atoms with E-state index in [9.17, 15) is 20.4 Å². The van der Waals surface area contributed by atoms with Crippen LogP contribution in [0.1, 0.15) is 22.3 Å². The van der Waals surface area contributed by atoms with Gasteiger partial charge in [0, 0.05) is 0 Å². The molecule has 9 rings (SSSR count). The Morgan fingerprint density at radius 2 is 0.604 bits per heavy atom. The van der Waals surface area contributed by atoms with Crippen LogP contribution in [0.3, 0.4) is 0 Å². The van der Waals surface area contributed by atoms with Crippen LogP contribution in [0.25, 0.3) is 43.1 Å². The average Bonchev–Trinajstić information content (AvgIpc) is 3.15. The van der Waals surface area contributed by atoms with Crippen LogP contribution in [-0.2, 0) is 22.4 Å². The van der Waals surface area contributed by atoms with Gasteiger partial charge in [-0.25, -0.2) is 0 Å². The topological polar surface area (TPSA) is 80.9 Å². The summed E-state index contributed by atoms with van der Waals surface area (Å²) >= 11 is 0. The van der Waals surface area contributed by atoms with E-state index in [2.05, 4.69) is 0 Å². The monoisotopic (exact) mass is 624 g/mol. The van der Waals surface area contributed by atoms with E-state index in [4.69, 9.17) is 0 Å². The second-order valence-electron chi connectivity index (χ2n) is 13.0. The van der Waals surface area contributed by atoms with E-state index in [-0.39, 0.29) is 11.1 Å². The van der Waals surface area contributed by atoms with Gasteiger partial charge in [0.25, 0.3) is 0 Å². The fraction of sp³-hybridized carbons (Fsp3) is 0.0909. The van der Waals surface area contributed by atoms with Crippen LogP contribution in [0, 0.1) is 0 Å². The first-order valence-electron chi connectivity index (χ1n) is 16.2. The van der Waals surface area contributed by atoms with E-state index >= 15 is 0 Å². The zero-order valence-electron chi connectivity index (χ0n) is 26.0. The molecule has 0 aliphatic heterocycles. The van der Waals surface area contributed by atoms with Gasteiger partial charge in [0.1, 0.15) is 0 Å². The Hall–Kier alpha value is -5.36. The molecule has 0 bridgehead atoms. The first-order valence-corrected chi connectivity index (χ1v) is 16.2. The molecule has 48 heavy (non-hydrogen) atoms. The van der Waals surface area contributed by atoms with E-state index in [0.29, 0.717) is 21.9 Å². The number of aliphatic hydroxyl groups is 4. The van der Waals surface area contributed by atoms with Gasteiger partial charge in [-0.1, -0.05) is 158 Å². The number of benzene rings is 8. The third-order valence-electron chi connectivity index (χ3n) is 10.8. The van der Waals surface area contributed by atoms with E-state index in [1.807, 2.05) is 133 Å². The molecule has 0 heterocycles. The summed E-state index contributed by atoms with van der Waals surface area (Å²) in [6.45, 7) is 0. The molecule has 8 aromatic rings. The Morgan fingerprint density at radius 3 is 1.02 bits per heavy atom. The molecule has 1 aliphatic rings. The lowest BCUT2D eigenvalue weighted by molar-refractivity contribution is -0.470. The van der Waals surface area contributed by atoms with Crippen molar-refractivity contribution in [3.8, 4) is 0 Å². The third-order valence-corrected chi connectivity index (χ3v) is 10.8. The molecule has 0 spiro atoms. The fourth-order valence-corrected chi connectivity index (χ4v) is 8.51. The molecule has 4 nitrogen and oxygen atoms in total. The van der Waals surface area contributed by atoms with Crippen molar-refractivity contribution in [1.29, 1.82) is 0 Å². The van der Waals surface area contributed by atoms with Crippen LogP contribution in [0.4, 0.5) is 0 Å². The predicted molar refractivity (Wildman–Crippen MR) is 191 cm³/mol. The highest BCUT2D eigenvalue weighted by atomic mass is 16.5. The molecule has 4 N–H and O–H groups in total. The van der Waals surface area contributed by atoms with Crippen molar-refractivity contribution in [2.75, 3.05) is 0 Å². The fourth-order valence-electron chi connectivity index (χ4n) is 8.51. The molecule has 4 atom stereocenters. The second-order valence-corrected chi connectivity index (χ2v) is 13.0. The maximum Gasteiger partial charge on any atom is 0.162 e. The molecular weight excluding hydrogens is 592 g/mol. The highest BCUT2D eigenvalue weighted by molar-refractivity contribution is 5.92. The van der Waals surface area contributed by atoms with E-state index < -0.39 is 22.4 Å². The molecule has 232 valence electrons. The molecule has 0 radical (unpaired) electrons. The van der Waals surface area contributed by atoms with Gasteiger partial charge in [0.15, 0.2) is 22.4 Å². The van der Waals surface area contributed by atoms with E-state index in [1.54, 1.807) is 36.4 Å². The van der Waals surface area contributed by atoms with Gasteiger partial charge in [0.05, 0.1) is 0 Å². The number of rotatable bonds is 4. The minimum absolute atomic E-state index is 0.275. The van der Waals surface area contributed by atoms with Crippen molar-refractivity contribution < 1.29 is 20.4 Å². The highest BCUT2D eigenvalue weighted by Crippen LogP contribution is 2.76. The maximum atomic E-state index is 13.7. The van der Waals surface area contributed by atoms with Crippen LogP contribution in [-0.4, -0.2) is 20.4 Å². The molecule has 8 aromatic carbocycles. The summed E-state index contributed by atoms with van der Waals surface area (Å²) in [5, 5.41) is 61.2. The summed E-state index contributed by atoms with van der Waals surface area (Å²) in [5.41, 5.74) is -8.68. The summed E-state index contributed by atoms with van der Waals surface area (Å²) in [6.07, 6.45) is 0. The molecule has 1 fully saturated rings. The van der Waals surface area contributed by atoms with Crippen LogP contribution >= 0.6 is 0 Å². The Morgan fingerprint density at radius 1 is 0.271 bits per heavy atom.